The lowest BCUT2D eigenvalue weighted by atomic mass is 10.0. The zero-order valence-corrected chi connectivity index (χ0v) is 21.4. The van der Waals surface area contributed by atoms with Gasteiger partial charge in [0.15, 0.2) is 0 Å². The number of unbranched alkanes of at least 4 members (excludes halogenated alkanes) is 10. The number of hydrogen-bond acceptors (Lipinski definition) is 3. The minimum absolute atomic E-state index is 0.0228. The third-order valence-electron chi connectivity index (χ3n) is 5.88. The maximum atomic E-state index is 12.3. The molecular weight excluding hydrogens is 370 g/mol. The molecule has 0 amide bonds. The van der Waals surface area contributed by atoms with Gasteiger partial charge in [-0.1, -0.05) is 112 Å². The Kier molecular flexibility index (Phi) is 21.2. The predicted molar refractivity (Wildman–Crippen MR) is 132 cm³/mol. The lowest BCUT2D eigenvalue weighted by Crippen LogP contribution is -2.33. The first-order valence-corrected chi connectivity index (χ1v) is 13.3. The Bertz CT molecular complexity index is 350. The molecule has 0 aromatic heterocycles. The molecule has 180 valence electrons. The SMILES string of the molecule is CCCCCCCCCOC(=O)CN(CCCCCC(C)C)CCCCCC(C)C. The van der Waals surface area contributed by atoms with E-state index in [2.05, 4.69) is 39.5 Å². The van der Waals surface area contributed by atoms with Gasteiger partial charge in [0.2, 0.25) is 0 Å². The average molecular weight is 426 g/mol. The van der Waals surface area contributed by atoms with Crippen LogP contribution in [0.5, 0.6) is 0 Å². The molecule has 0 aliphatic rings. The number of esters is 1. The summed E-state index contributed by atoms with van der Waals surface area (Å²) < 4.78 is 5.54. The molecule has 0 unspecified atom stereocenters. The Morgan fingerprint density at radius 1 is 0.667 bits per heavy atom. The fraction of sp³-hybridized carbons (Fsp3) is 0.963. The number of carbonyl (C=O) groups excluding carboxylic acids is 1. The van der Waals surface area contributed by atoms with Gasteiger partial charge in [0.1, 0.15) is 0 Å². The van der Waals surface area contributed by atoms with Gasteiger partial charge < -0.3 is 4.74 Å². The van der Waals surface area contributed by atoms with E-state index in [1.54, 1.807) is 0 Å². The van der Waals surface area contributed by atoms with Crippen molar-refractivity contribution in [2.45, 2.75) is 131 Å². The fourth-order valence-corrected chi connectivity index (χ4v) is 3.87. The zero-order chi connectivity index (χ0) is 22.5. The fourth-order valence-electron chi connectivity index (χ4n) is 3.87. The molecule has 0 spiro atoms. The van der Waals surface area contributed by atoms with Gasteiger partial charge in [0, 0.05) is 0 Å². The second kappa shape index (κ2) is 21.7. The number of ether oxygens (including phenoxy) is 1. The van der Waals surface area contributed by atoms with E-state index in [0.29, 0.717) is 13.2 Å². The highest BCUT2D eigenvalue weighted by Gasteiger charge is 2.12. The van der Waals surface area contributed by atoms with Crippen LogP contribution in [0.4, 0.5) is 0 Å². The van der Waals surface area contributed by atoms with Crippen LogP contribution in [0.1, 0.15) is 131 Å². The molecule has 0 aliphatic carbocycles. The largest absolute Gasteiger partial charge is 0.465 e. The van der Waals surface area contributed by atoms with Gasteiger partial charge in [0.05, 0.1) is 13.2 Å². The molecule has 0 radical (unpaired) electrons. The van der Waals surface area contributed by atoms with E-state index < -0.39 is 0 Å². The van der Waals surface area contributed by atoms with E-state index in [9.17, 15) is 4.79 Å². The second-order valence-corrected chi connectivity index (χ2v) is 10.1. The van der Waals surface area contributed by atoms with Crippen molar-refractivity contribution in [1.82, 2.24) is 4.90 Å². The summed E-state index contributed by atoms with van der Waals surface area (Å²) in [5, 5.41) is 0. The van der Waals surface area contributed by atoms with E-state index in [1.165, 1.54) is 89.9 Å². The molecule has 0 aromatic rings. The number of carbonyl (C=O) groups is 1. The lowest BCUT2D eigenvalue weighted by Gasteiger charge is -2.21. The standard InChI is InChI=1S/C27H55NO2/c1-6-7-8-9-10-11-18-23-30-27(29)24-28(21-16-12-14-19-25(2)3)22-17-13-15-20-26(4)5/h25-26H,6-24H2,1-5H3. The van der Waals surface area contributed by atoms with E-state index >= 15 is 0 Å². The summed E-state index contributed by atoms with van der Waals surface area (Å²) >= 11 is 0. The molecule has 0 fully saturated rings. The van der Waals surface area contributed by atoms with E-state index in [-0.39, 0.29) is 5.97 Å². The van der Waals surface area contributed by atoms with Gasteiger partial charge in [0.25, 0.3) is 0 Å². The summed E-state index contributed by atoms with van der Waals surface area (Å²) in [4.78, 5) is 14.7. The van der Waals surface area contributed by atoms with Crippen LogP contribution in [0.3, 0.4) is 0 Å². The third-order valence-corrected chi connectivity index (χ3v) is 5.88. The van der Waals surface area contributed by atoms with Crippen LogP contribution >= 0.6 is 0 Å². The molecule has 0 heterocycles. The predicted octanol–water partition coefficient (Wildman–Crippen LogP) is 8.02. The minimum atomic E-state index is -0.0228. The lowest BCUT2D eigenvalue weighted by molar-refractivity contribution is -0.145. The molecule has 0 rings (SSSR count). The van der Waals surface area contributed by atoms with Crippen LogP contribution in [0.2, 0.25) is 0 Å². The quantitative estimate of drug-likeness (QED) is 0.130. The maximum absolute atomic E-state index is 12.3. The highest BCUT2D eigenvalue weighted by atomic mass is 16.5. The Morgan fingerprint density at radius 2 is 1.13 bits per heavy atom. The summed E-state index contributed by atoms with van der Waals surface area (Å²) in [6.45, 7) is 14.6. The molecule has 0 saturated heterocycles. The minimum Gasteiger partial charge on any atom is -0.465 e. The van der Waals surface area contributed by atoms with Crippen molar-refractivity contribution < 1.29 is 9.53 Å². The van der Waals surface area contributed by atoms with Crippen molar-refractivity contribution in [2.24, 2.45) is 11.8 Å². The zero-order valence-electron chi connectivity index (χ0n) is 21.4. The van der Waals surface area contributed by atoms with E-state index in [0.717, 1.165) is 31.3 Å². The second-order valence-electron chi connectivity index (χ2n) is 10.1. The summed E-state index contributed by atoms with van der Waals surface area (Å²) in [6, 6.07) is 0. The van der Waals surface area contributed by atoms with Gasteiger partial charge in [-0.15, -0.1) is 0 Å². The summed E-state index contributed by atoms with van der Waals surface area (Å²) in [6.07, 6.45) is 19.0. The number of nitrogens with zero attached hydrogens (tertiary/aromatic N) is 1. The van der Waals surface area contributed by atoms with Crippen LogP contribution in [0.25, 0.3) is 0 Å². The van der Waals surface area contributed by atoms with E-state index in [4.69, 9.17) is 4.74 Å². The van der Waals surface area contributed by atoms with Crippen molar-refractivity contribution >= 4 is 5.97 Å². The average Bonchev–Trinajstić information content (AvgIpc) is 2.68. The highest BCUT2D eigenvalue weighted by molar-refractivity contribution is 5.71. The third kappa shape index (κ3) is 22.1. The summed E-state index contributed by atoms with van der Waals surface area (Å²) in [7, 11) is 0. The van der Waals surface area contributed by atoms with Crippen LogP contribution in [-0.2, 0) is 9.53 Å². The first kappa shape index (κ1) is 29.4. The maximum Gasteiger partial charge on any atom is 0.320 e. The first-order chi connectivity index (χ1) is 14.5. The number of rotatable bonds is 22. The molecule has 0 saturated carbocycles. The monoisotopic (exact) mass is 425 g/mol. The molecule has 0 aliphatic heterocycles. The topological polar surface area (TPSA) is 29.5 Å². The van der Waals surface area contributed by atoms with Gasteiger partial charge in [-0.3, -0.25) is 9.69 Å². The molecule has 0 bridgehead atoms. The molecule has 0 N–H and O–H groups in total. The van der Waals surface area contributed by atoms with Gasteiger partial charge in [-0.25, -0.2) is 0 Å². The highest BCUT2D eigenvalue weighted by Crippen LogP contribution is 2.11. The van der Waals surface area contributed by atoms with Gasteiger partial charge in [-0.05, 0) is 44.2 Å². The number of hydrogen-bond donors (Lipinski definition) is 0. The first-order valence-electron chi connectivity index (χ1n) is 13.3. The Labute approximate surface area is 189 Å². The van der Waals surface area contributed by atoms with Gasteiger partial charge >= 0.3 is 5.97 Å². The normalized spacial score (nSPS) is 11.7. The van der Waals surface area contributed by atoms with Gasteiger partial charge in [-0.2, -0.15) is 0 Å². The smallest absolute Gasteiger partial charge is 0.320 e. The summed E-state index contributed by atoms with van der Waals surface area (Å²) in [5.74, 6) is 1.57. The van der Waals surface area contributed by atoms with Crippen molar-refractivity contribution in [2.75, 3.05) is 26.2 Å². The molecule has 0 atom stereocenters. The summed E-state index contributed by atoms with van der Waals surface area (Å²) in [5.41, 5.74) is 0. The molecular formula is C27H55NO2. The molecule has 3 heteroatoms. The van der Waals surface area contributed by atoms with Crippen molar-refractivity contribution in [3.63, 3.8) is 0 Å². The Balaban J connectivity index is 4.02. The Hall–Kier alpha value is -0.570. The van der Waals surface area contributed by atoms with Crippen molar-refractivity contribution in [1.29, 1.82) is 0 Å². The Morgan fingerprint density at radius 3 is 1.63 bits per heavy atom. The van der Waals surface area contributed by atoms with E-state index in [1.807, 2.05) is 0 Å². The molecule has 0 aromatic carbocycles. The van der Waals surface area contributed by atoms with Crippen LogP contribution in [0.15, 0.2) is 0 Å². The van der Waals surface area contributed by atoms with Crippen LogP contribution < -0.4 is 0 Å². The molecule has 30 heavy (non-hydrogen) atoms. The van der Waals surface area contributed by atoms with Crippen LogP contribution in [0, 0.1) is 11.8 Å². The van der Waals surface area contributed by atoms with Crippen molar-refractivity contribution in [3.8, 4) is 0 Å². The molecule has 3 nitrogen and oxygen atoms in total. The van der Waals surface area contributed by atoms with Crippen LogP contribution in [-0.4, -0.2) is 37.1 Å². The van der Waals surface area contributed by atoms with Crippen molar-refractivity contribution in [3.05, 3.63) is 0 Å².